The molecule has 1 aliphatic rings. The van der Waals surface area contributed by atoms with Crippen molar-refractivity contribution in [1.82, 2.24) is 0 Å². The average molecular weight is 171 g/mol. The minimum absolute atomic E-state index is 0.722. The fourth-order valence-electron chi connectivity index (χ4n) is 0.516. The number of carbonyl (C=O) groups is 1. The molecule has 0 unspecified atom stereocenters. The molecule has 0 spiro atoms. The van der Waals surface area contributed by atoms with Crippen molar-refractivity contribution in [3.8, 4) is 0 Å². The number of hydrogen-bond donors (Lipinski definition) is 0. The number of hydrogen-bond acceptors (Lipinski definition) is 3. The van der Waals surface area contributed by atoms with Crippen molar-refractivity contribution in [3.05, 3.63) is 12.7 Å². The lowest BCUT2D eigenvalue weighted by atomic mass is 10.4. The average Bonchev–Trinajstić information content (AvgIpc) is 2.09. The highest BCUT2D eigenvalue weighted by atomic mass is 28.2. The number of rotatable bonds is 1. The van der Waals surface area contributed by atoms with Crippen molar-refractivity contribution in [2.75, 3.05) is 6.61 Å². The van der Waals surface area contributed by atoms with E-state index in [1.807, 2.05) is 0 Å². The predicted molar refractivity (Wildman–Crippen MR) is 41.0 cm³/mol. The molecule has 1 aliphatic heterocycles. The maximum Gasteiger partial charge on any atom is 0.229 e. The predicted octanol–water partition coefficient (Wildman–Crippen LogP) is -0.243. The summed E-state index contributed by atoms with van der Waals surface area (Å²) in [7, 11) is 0.802. The third kappa shape index (κ3) is 9.39. The van der Waals surface area contributed by atoms with Gasteiger partial charge in [-0.1, -0.05) is 13.0 Å². The van der Waals surface area contributed by atoms with Crippen LogP contribution in [0.3, 0.4) is 0 Å². The van der Waals surface area contributed by atoms with E-state index in [-0.39, 0.29) is 0 Å². The van der Waals surface area contributed by atoms with E-state index in [1.165, 1.54) is 18.9 Å². The summed E-state index contributed by atoms with van der Waals surface area (Å²) in [6.07, 6.45) is 3.39. The lowest BCUT2D eigenvalue weighted by Crippen LogP contribution is -2.17. The smallest absolute Gasteiger partial charge is 0.229 e. The molecule has 3 nitrogen and oxygen atoms in total. The topological polar surface area (TPSA) is 49.4 Å². The SMILES string of the molecule is C1CC[Si]OC1.C=CC(=O)[O-]. The molecular weight excluding hydrogens is 160 g/mol. The van der Waals surface area contributed by atoms with Gasteiger partial charge in [0.05, 0.1) is 5.97 Å². The van der Waals surface area contributed by atoms with Crippen LogP contribution >= 0.6 is 0 Å². The van der Waals surface area contributed by atoms with Crippen LogP contribution in [0.15, 0.2) is 12.7 Å². The standard InChI is InChI=1S/C4H8OSi.C3H4O2/c1-2-4-6-5-3-1;1-2-3(4)5/h1-4H2;2H,1H2,(H,4,5)/p-1. The highest BCUT2D eigenvalue weighted by Gasteiger charge is 1.97. The van der Waals surface area contributed by atoms with Crippen LogP contribution in [0.2, 0.25) is 6.04 Å². The molecule has 0 atom stereocenters. The first-order valence-corrected chi connectivity index (χ1v) is 4.57. The Morgan fingerprint density at radius 2 is 2.27 bits per heavy atom. The van der Waals surface area contributed by atoms with Gasteiger partial charge < -0.3 is 14.3 Å². The molecule has 1 heterocycles. The molecule has 0 aromatic carbocycles. The van der Waals surface area contributed by atoms with Crippen molar-refractivity contribution >= 4 is 15.7 Å². The van der Waals surface area contributed by atoms with Gasteiger partial charge in [-0.15, -0.1) is 0 Å². The van der Waals surface area contributed by atoms with E-state index in [4.69, 9.17) is 14.3 Å². The summed E-state index contributed by atoms with van der Waals surface area (Å²) >= 11 is 0. The molecule has 1 saturated heterocycles. The molecular formula is C7H11O3Si-. The molecule has 4 heteroatoms. The molecule has 0 saturated carbocycles. The van der Waals surface area contributed by atoms with Gasteiger partial charge in [0.15, 0.2) is 0 Å². The molecule has 1 fully saturated rings. The third-order valence-corrected chi connectivity index (χ3v) is 2.01. The normalized spacial score (nSPS) is 16.0. The van der Waals surface area contributed by atoms with Crippen LogP contribution in [0, 0.1) is 0 Å². The Bertz CT molecular complexity index is 109. The minimum atomic E-state index is -1.23. The molecule has 0 bridgehead atoms. The quantitative estimate of drug-likeness (QED) is 0.404. The number of carboxylic acids is 1. The van der Waals surface area contributed by atoms with Gasteiger partial charge in [0.1, 0.15) is 0 Å². The first-order chi connectivity index (χ1) is 5.27. The Hall–Kier alpha value is -0.613. The minimum Gasteiger partial charge on any atom is -0.545 e. The highest BCUT2D eigenvalue weighted by Crippen LogP contribution is 2.01. The van der Waals surface area contributed by atoms with E-state index >= 15 is 0 Å². The van der Waals surface area contributed by atoms with E-state index < -0.39 is 5.97 Å². The molecule has 0 aliphatic carbocycles. The first-order valence-electron chi connectivity index (χ1n) is 3.45. The largest absolute Gasteiger partial charge is 0.545 e. The summed E-state index contributed by atoms with van der Waals surface area (Å²) in [6.45, 7) is 3.91. The van der Waals surface area contributed by atoms with Crippen LogP contribution in [0.5, 0.6) is 0 Å². The molecule has 62 valence electrons. The van der Waals surface area contributed by atoms with Gasteiger partial charge in [-0.3, -0.25) is 0 Å². The van der Waals surface area contributed by atoms with Crippen LogP contribution in [-0.2, 0) is 9.22 Å². The summed E-state index contributed by atoms with van der Waals surface area (Å²) in [5.74, 6) is -1.23. The summed E-state index contributed by atoms with van der Waals surface area (Å²) in [5, 5.41) is 9.14. The number of carbonyl (C=O) groups excluding carboxylic acids is 1. The first kappa shape index (κ1) is 10.4. The van der Waals surface area contributed by atoms with Crippen molar-refractivity contribution < 1.29 is 14.3 Å². The van der Waals surface area contributed by atoms with Gasteiger partial charge in [-0.25, -0.2) is 0 Å². The summed E-state index contributed by atoms with van der Waals surface area (Å²) in [6, 6.07) is 1.31. The zero-order chi connectivity index (χ0) is 8.53. The third-order valence-electron chi connectivity index (χ3n) is 1.04. The summed E-state index contributed by atoms with van der Waals surface area (Å²) < 4.78 is 5.10. The molecule has 0 N–H and O–H groups in total. The van der Waals surface area contributed by atoms with Crippen molar-refractivity contribution in [1.29, 1.82) is 0 Å². The van der Waals surface area contributed by atoms with Gasteiger partial charge in [0, 0.05) is 6.61 Å². The zero-order valence-corrected chi connectivity index (χ0v) is 7.34. The summed E-state index contributed by atoms with van der Waals surface area (Å²) in [5.41, 5.74) is 0. The maximum absolute atomic E-state index is 9.14. The van der Waals surface area contributed by atoms with Gasteiger partial charge in [0.25, 0.3) is 0 Å². The second-order valence-corrected chi connectivity index (χ2v) is 3.05. The lowest BCUT2D eigenvalue weighted by Gasteiger charge is -2.06. The molecule has 0 amide bonds. The van der Waals surface area contributed by atoms with Gasteiger partial charge >= 0.3 is 0 Å². The second-order valence-electron chi connectivity index (χ2n) is 1.97. The van der Waals surface area contributed by atoms with E-state index in [9.17, 15) is 0 Å². The van der Waals surface area contributed by atoms with Crippen LogP contribution in [0.4, 0.5) is 0 Å². The Balaban J connectivity index is 0.000000187. The van der Waals surface area contributed by atoms with E-state index in [2.05, 4.69) is 6.58 Å². The number of aliphatic carboxylic acids is 1. The van der Waals surface area contributed by atoms with E-state index in [1.54, 1.807) is 0 Å². The van der Waals surface area contributed by atoms with E-state index in [0.29, 0.717) is 0 Å². The van der Waals surface area contributed by atoms with Crippen LogP contribution in [0.25, 0.3) is 0 Å². The monoisotopic (exact) mass is 171 g/mol. The Morgan fingerprint density at radius 1 is 1.64 bits per heavy atom. The fraction of sp³-hybridized carbons (Fsp3) is 0.571. The molecule has 2 radical (unpaired) electrons. The Kier molecular flexibility index (Phi) is 7.08. The fourth-order valence-corrected chi connectivity index (χ4v) is 1.34. The van der Waals surface area contributed by atoms with Gasteiger partial charge in [-0.05, 0) is 18.5 Å². The van der Waals surface area contributed by atoms with Crippen molar-refractivity contribution in [2.24, 2.45) is 0 Å². The lowest BCUT2D eigenvalue weighted by molar-refractivity contribution is -0.297. The second kappa shape index (κ2) is 7.49. The number of carboxylic acid groups (broad SMARTS) is 1. The molecule has 1 rings (SSSR count). The van der Waals surface area contributed by atoms with Crippen molar-refractivity contribution in [2.45, 2.75) is 18.9 Å². The van der Waals surface area contributed by atoms with Crippen LogP contribution < -0.4 is 5.11 Å². The zero-order valence-electron chi connectivity index (χ0n) is 6.34. The van der Waals surface area contributed by atoms with E-state index in [0.717, 1.165) is 22.4 Å². The van der Waals surface area contributed by atoms with Gasteiger partial charge in [0.2, 0.25) is 9.76 Å². The highest BCUT2D eigenvalue weighted by molar-refractivity contribution is 6.27. The molecule has 11 heavy (non-hydrogen) atoms. The summed E-state index contributed by atoms with van der Waals surface area (Å²) in [4.78, 5) is 9.14. The molecule has 0 aromatic rings. The van der Waals surface area contributed by atoms with Crippen LogP contribution in [-0.4, -0.2) is 22.3 Å². The van der Waals surface area contributed by atoms with Gasteiger partial charge in [-0.2, -0.15) is 0 Å². The maximum atomic E-state index is 9.14. The van der Waals surface area contributed by atoms with Crippen LogP contribution in [0.1, 0.15) is 12.8 Å². The Morgan fingerprint density at radius 3 is 2.36 bits per heavy atom. The Labute approximate surface area is 69.0 Å². The molecule has 0 aromatic heterocycles. The van der Waals surface area contributed by atoms with Crippen molar-refractivity contribution in [3.63, 3.8) is 0 Å².